The maximum atomic E-state index is 5.90. The summed E-state index contributed by atoms with van der Waals surface area (Å²) in [7, 11) is 0. The largest absolute Gasteiger partial charge is 0.0843 e. The van der Waals surface area contributed by atoms with Crippen molar-refractivity contribution >= 4 is 78.9 Å². The van der Waals surface area contributed by atoms with Crippen LogP contribution in [0.15, 0.2) is 117 Å². The Hall–Kier alpha value is -2.62. The molecule has 0 atom stereocenters. The molecule has 194 valence electrons. The van der Waals surface area contributed by atoms with Crippen molar-refractivity contribution < 1.29 is 0 Å². The third-order valence-corrected chi connectivity index (χ3v) is 8.37. The third-order valence-electron chi connectivity index (χ3n) is 6.88. The number of hydrogen-bond donors (Lipinski definition) is 0. The Morgan fingerprint density at radius 2 is 1.18 bits per heavy atom. The molecule has 0 radical (unpaired) electrons. The first kappa shape index (κ1) is 27.9. The molecule has 2 aliphatic rings. The van der Waals surface area contributed by atoms with E-state index in [9.17, 15) is 0 Å². The van der Waals surface area contributed by atoms with E-state index in [1.807, 2.05) is 48.5 Å². The fourth-order valence-electron chi connectivity index (χ4n) is 4.76. The Balaban J connectivity index is 0.000000158. The summed E-state index contributed by atoms with van der Waals surface area (Å²) in [5, 5.41) is 1.55. The van der Waals surface area contributed by atoms with E-state index >= 15 is 0 Å². The van der Waals surface area contributed by atoms with Crippen LogP contribution in [0.3, 0.4) is 0 Å². The first-order valence-electron chi connectivity index (χ1n) is 12.7. The van der Waals surface area contributed by atoms with Crippen molar-refractivity contribution in [1.29, 1.82) is 0 Å². The SMILES string of the molecule is CC1=C(/C=C/c2ccc(Cl)cc2)Cc2cc(Br)ccc21.Clc1ccc(/C=C/C2=Cc3ccc(Br)cc3C2)cc1. The van der Waals surface area contributed by atoms with Crippen molar-refractivity contribution in [1.82, 2.24) is 0 Å². The van der Waals surface area contributed by atoms with Gasteiger partial charge < -0.3 is 0 Å². The summed E-state index contributed by atoms with van der Waals surface area (Å²) in [5.74, 6) is 0. The molecule has 0 N–H and O–H groups in total. The van der Waals surface area contributed by atoms with Crippen molar-refractivity contribution in [3.05, 3.63) is 161 Å². The highest BCUT2D eigenvalue weighted by molar-refractivity contribution is 9.10. The van der Waals surface area contributed by atoms with E-state index in [4.69, 9.17) is 23.2 Å². The van der Waals surface area contributed by atoms with E-state index in [1.54, 1.807) is 0 Å². The van der Waals surface area contributed by atoms with Crippen LogP contribution in [0.2, 0.25) is 10.0 Å². The number of benzene rings is 4. The Labute approximate surface area is 257 Å². The van der Waals surface area contributed by atoms with E-state index < -0.39 is 0 Å². The second-order valence-corrected chi connectivity index (χ2v) is 12.3. The van der Waals surface area contributed by atoms with Gasteiger partial charge in [0.1, 0.15) is 0 Å². The Kier molecular flexibility index (Phi) is 9.10. The minimum absolute atomic E-state index is 0.773. The molecular weight excluding hydrogens is 651 g/mol. The van der Waals surface area contributed by atoms with Crippen LogP contribution in [0.1, 0.15) is 40.3 Å². The summed E-state index contributed by atoms with van der Waals surface area (Å²) in [4.78, 5) is 0. The van der Waals surface area contributed by atoms with Crippen molar-refractivity contribution in [3.8, 4) is 0 Å². The lowest BCUT2D eigenvalue weighted by Gasteiger charge is -2.00. The number of halogens is 4. The van der Waals surface area contributed by atoms with Gasteiger partial charge in [0.15, 0.2) is 0 Å². The fraction of sp³-hybridized carbons (Fsp3) is 0.0857. The monoisotopic (exact) mass is 674 g/mol. The van der Waals surface area contributed by atoms with E-state index in [2.05, 4.69) is 106 Å². The zero-order valence-electron chi connectivity index (χ0n) is 21.4. The second kappa shape index (κ2) is 12.7. The molecule has 0 nitrogen and oxygen atoms in total. The minimum atomic E-state index is 0.773. The van der Waals surface area contributed by atoms with Crippen molar-refractivity contribution in [2.24, 2.45) is 0 Å². The van der Waals surface area contributed by atoms with Gasteiger partial charge in [-0.1, -0.05) is 122 Å². The molecule has 0 bridgehead atoms. The zero-order valence-corrected chi connectivity index (χ0v) is 26.1. The molecule has 0 saturated heterocycles. The lowest BCUT2D eigenvalue weighted by atomic mass is 10.1. The van der Waals surface area contributed by atoms with Gasteiger partial charge in [-0.3, -0.25) is 0 Å². The third kappa shape index (κ3) is 7.32. The quantitative estimate of drug-likeness (QED) is 0.202. The standard InChI is InChI=1S/C18H14BrCl.C17H12BrCl/c1-12-14(5-2-13-3-7-17(20)8-4-13)10-15-11-16(19)6-9-18(12)15;18-16-6-5-14-9-13(10-15(14)11-16)2-1-12-3-7-17(19)8-4-12/h2-9,11H,10H2,1H3;1-9,11H,10H2/b5-2+;2-1+. The van der Waals surface area contributed by atoms with Gasteiger partial charge in [-0.05, 0) is 118 Å². The molecule has 6 rings (SSSR count). The molecule has 2 aliphatic carbocycles. The van der Waals surface area contributed by atoms with E-state index in [0.29, 0.717) is 0 Å². The maximum absolute atomic E-state index is 5.90. The molecule has 4 aromatic carbocycles. The Morgan fingerprint density at radius 1 is 0.615 bits per heavy atom. The van der Waals surface area contributed by atoms with Crippen LogP contribution in [-0.4, -0.2) is 0 Å². The molecule has 0 heterocycles. The highest BCUT2D eigenvalue weighted by Crippen LogP contribution is 2.35. The van der Waals surface area contributed by atoms with Gasteiger partial charge in [-0.2, -0.15) is 0 Å². The highest BCUT2D eigenvalue weighted by atomic mass is 79.9. The molecule has 4 aromatic rings. The molecular formula is C35H26Br2Cl2. The zero-order chi connectivity index (χ0) is 27.4. The van der Waals surface area contributed by atoms with Gasteiger partial charge in [-0.15, -0.1) is 0 Å². The average molecular weight is 677 g/mol. The first-order chi connectivity index (χ1) is 18.8. The van der Waals surface area contributed by atoms with E-state index in [0.717, 1.165) is 31.8 Å². The highest BCUT2D eigenvalue weighted by Gasteiger charge is 2.16. The van der Waals surface area contributed by atoms with Crippen molar-refractivity contribution in [2.75, 3.05) is 0 Å². The summed E-state index contributed by atoms with van der Waals surface area (Å²) >= 11 is 18.8. The van der Waals surface area contributed by atoms with Crippen molar-refractivity contribution in [2.45, 2.75) is 19.8 Å². The first-order valence-corrected chi connectivity index (χ1v) is 15.0. The molecule has 0 unspecified atom stereocenters. The molecule has 0 aromatic heterocycles. The summed E-state index contributed by atoms with van der Waals surface area (Å²) in [6, 6.07) is 28.7. The van der Waals surface area contributed by atoms with E-state index in [-0.39, 0.29) is 0 Å². The van der Waals surface area contributed by atoms with Gasteiger partial charge in [0.05, 0.1) is 0 Å². The number of rotatable bonds is 4. The van der Waals surface area contributed by atoms with Gasteiger partial charge in [0.2, 0.25) is 0 Å². The summed E-state index contributed by atoms with van der Waals surface area (Å²) in [5.41, 5.74) is 11.9. The van der Waals surface area contributed by atoms with Crippen LogP contribution in [0.25, 0.3) is 23.8 Å². The molecule has 0 amide bonds. The Bertz CT molecular complexity index is 1620. The minimum Gasteiger partial charge on any atom is -0.0843 e. The topological polar surface area (TPSA) is 0 Å². The maximum Gasteiger partial charge on any atom is 0.0406 e. The van der Waals surface area contributed by atoms with E-state index in [1.165, 1.54) is 50.1 Å². The lowest BCUT2D eigenvalue weighted by molar-refractivity contribution is 1.24. The van der Waals surface area contributed by atoms with Crippen LogP contribution in [-0.2, 0) is 12.8 Å². The number of hydrogen-bond acceptors (Lipinski definition) is 0. The molecule has 39 heavy (non-hydrogen) atoms. The van der Waals surface area contributed by atoms with Gasteiger partial charge >= 0.3 is 0 Å². The molecule has 0 fully saturated rings. The molecule has 0 spiro atoms. The summed E-state index contributed by atoms with van der Waals surface area (Å²) in [6.45, 7) is 2.20. The predicted octanol–water partition coefficient (Wildman–Crippen LogP) is 11.9. The second-order valence-electron chi connectivity index (χ2n) is 9.64. The molecule has 4 heteroatoms. The van der Waals surface area contributed by atoms with Crippen molar-refractivity contribution in [3.63, 3.8) is 0 Å². The van der Waals surface area contributed by atoms with Crippen LogP contribution in [0, 0.1) is 0 Å². The lowest BCUT2D eigenvalue weighted by Crippen LogP contribution is -1.82. The van der Waals surface area contributed by atoms with Gasteiger partial charge in [0, 0.05) is 19.0 Å². The van der Waals surface area contributed by atoms with Crippen LogP contribution >= 0.6 is 55.1 Å². The van der Waals surface area contributed by atoms with Crippen LogP contribution in [0.5, 0.6) is 0 Å². The molecule has 0 saturated carbocycles. The predicted molar refractivity (Wildman–Crippen MR) is 177 cm³/mol. The normalized spacial score (nSPS) is 13.9. The van der Waals surface area contributed by atoms with Crippen LogP contribution in [0.4, 0.5) is 0 Å². The van der Waals surface area contributed by atoms with Gasteiger partial charge in [0.25, 0.3) is 0 Å². The van der Waals surface area contributed by atoms with Crippen LogP contribution < -0.4 is 0 Å². The number of allylic oxidation sites excluding steroid dienone is 5. The Morgan fingerprint density at radius 3 is 1.82 bits per heavy atom. The number of fused-ring (bicyclic) bond motifs is 2. The summed E-state index contributed by atoms with van der Waals surface area (Å²) in [6.07, 6.45) is 12.9. The smallest absolute Gasteiger partial charge is 0.0406 e. The van der Waals surface area contributed by atoms with Gasteiger partial charge in [-0.25, -0.2) is 0 Å². The molecule has 0 aliphatic heterocycles. The average Bonchev–Trinajstić information content (AvgIpc) is 3.47. The summed E-state index contributed by atoms with van der Waals surface area (Å²) < 4.78 is 2.29. The fourth-order valence-corrected chi connectivity index (χ4v) is 5.83.